The van der Waals surface area contributed by atoms with Gasteiger partial charge in [0.25, 0.3) is 0 Å². The first-order valence-electron chi connectivity index (χ1n) is 25.3. The first-order chi connectivity index (χ1) is 29.9. The summed E-state index contributed by atoms with van der Waals surface area (Å²) in [5.74, 6) is 3.72. The monoisotopic (exact) mass is 887 g/mol. The van der Waals surface area contributed by atoms with E-state index in [-0.39, 0.29) is 51.3 Å². The van der Waals surface area contributed by atoms with E-state index in [1.807, 2.05) is 13.8 Å². The fraction of sp³-hybridized carbons (Fsp3) is 0.690. The van der Waals surface area contributed by atoms with Crippen molar-refractivity contribution >= 4 is 23.1 Å². The van der Waals surface area contributed by atoms with Crippen molar-refractivity contribution in [2.75, 3.05) is 0 Å². The lowest BCUT2D eigenvalue weighted by Crippen LogP contribution is -2.24. The van der Waals surface area contributed by atoms with E-state index in [2.05, 4.69) is 55.4 Å². The van der Waals surface area contributed by atoms with Gasteiger partial charge in [-0.25, -0.2) is 0 Å². The third-order valence-corrected chi connectivity index (χ3v) is 14.0. The smallest absolute Gasteiger partial charge is 0.193 e. The molecule has 4 unspecified atom stereocenters. The van der Waals surface area contributed by atoms with Crippen LogP contribution in [0.4, 0.5) is 0 Å². The Labute approximate surface area is 392 Å². The topological polar surface area (TPSA) is 109 Å². The molecule has 0 heterocycles. The highest BCUT2D eigenvalue weighted by Gasteiger charge is 2.31. The van der Waals surface area contributed by atoms with Crippen LogP contribution < -0.4 is 0 Å². The number of phenols is 2. The highest BCUT2D eigenvalue weighted by atomic mass is 16.3. The molecule has 1 aliphatic rings. The largest absolute Gasteiger partial charge is 0.507 e. The highest BCUT2D eigenvalue weighted by Crippen LogP contribution is 2.37. The summed E-state index contributed by atoms with van der Waals surface area (Å²) in [6.07, 6.45) is 25.3. The van der Waals surface area contributed by atoms with Crippen molar-refractivity contribution in [3.05, 3.63) is 67.8 Å². The number of aromatic hydroxyl groups is 2. The van der Waals surface area contributed by atoms with E-state index in [0.29, 0.717) is 39.7 Å². The van der Waals surface area contributed by atoms with Gasteiger partial charge < -0.3 is 10.2 Å². The third-order valence-electron chi connectivity index (χ3n) is 14.0. The standard InChI is InChI=1S/C29H48O3.C29H46O3/c2*1-19(2)12-9-13-20(3)14-10-15-21(4)16-11-17-22(5)18-26(30)27-25(8)28(31)23(6)24(7)29(27)32/h18-21,31-32H,9-17H2,1-8H3;18-21H,9-17H2,1-8H3. The van der Waals surface area contributed by atoms with Crippen LogP contribution in [0.2, 0.25) is 0 Å². The van der Waals surface area contributed by atoms with Gasteiger partial charge in [0.15, 0.2) is 23.1 Å². The molecule has 2 rings (SSSR count). The van der Waals surface area contributed by atoms with E-state index >= 15 is 0 Å². The number of ketones is 4. The lowest BCUT2D eigenvalue weighted by atomic mass is 9.83. The quantitative estimate of drug-likeness (QED) is 0.0285. The molecule has 0 spiro atoms. The zero-order valence-corrected chi connectivity index (χ0v) is 43.9. The van der Waals surface area contributed by atoms with E-state index in [1.165, 1.54) is 83.5 Å². The van der Waals surface area contributed by atoms with Crippen LogP contribution in [0.15, 0.2) is 45.6 Å². The van der Waals surface area contributed by atoms with E-state index < -0.39 is 0 Å². The molecule has 362 valence electrons. The summed E-state index contributed by atoms with van der Waals surface area (Å²) in [5, 5.41) is 20.7. The minimum absolute atomic E-state index is 0.0149. The van der Waals surface area contributed by atoms with Gasteiger partial charge in [-0.1, -0.05) is 156 Å². The van der Waals surface area contributed by atoms with Crippen LogP contribution in [-0.2, 0) is 14.4 Å². The van der Waals surface area contributed by atoms with E-state index in [1.54, 1.807) is 53.7 Å². The Morgan fingerprint density at radius 1 is 0.438 bits per heavy atom. The van der Waals surface area contributed by atoms with Gasteiger partial charge in [0, 0.05) is 22.3 Å². The minimum atomic E-state index is -0.329. The fourth-order valence-electron chi connectivity index (χ4n) is 8.96. The van der Waals surface area contributed by atoms with Gasteiger partial charge in [0.05, 0.1) is 11.1 Å². The van der Waals surface area contributed by atoms with Crippen molar-refractivity contribution in [1.29, 1.82) is 0 Å². The van der Waals surface area contributed by atoms with Gasteiger partial charge in [0.2, 0.25) is 0 Å². The van der Waals surface area contributed by atoms with Gasteiger partial charge in [-0.15, -0.1) is 0 Å². The molecule has 0 saturated heterocycles. The Bertz CT molecular complexity index is 1780. The van der Waals surface area contributed by atoms with Gasteiger partial charge in [-0.3, -0.25) is 19.2 Å². The summed E-state index contributed by atoms with van der Waals surface area (Å²) in [6.45, 7) is 32.6. The van der Waals surface area contributed by atoms with Crippen LogP contribution in [0.1, 0.15) is 233 Å². The second kappa shape index (κ2) is 29.9. The number of hydrogen-bond donors (Lipinski definition) is 2. The number of rotatable bonds is 28. The summed E-state index contributed by atoms with van der Waals surface area (Å²) in [7, 11) is 0. The van der Waals surface area contributed by atoms with Crippen LogP contribution in [-0.4, -0.2) is 33.3 Å². The molecule has 6 nitrogen and oxygen atoms in total. The summed E-state index contributed by atoms with van der Waals surface area (Å²) in [4.78, 5) is 50.3. The van der Waals surface area contributed by atoms with Gasteiger partial charge >= 0.3 is 0 Å². The molecule has 64 heavy (non-hydrogen) atoms. The zero-order valence-electron chi connectivity index (χ0n) is 43.9. The highest BCUT2D eigenvalue weighted by molar-refractivity contribution is 6.37. The summed E-state index contributed by atoms with van der Waals surface area (Å²) in [6, 6.07) is 0. The Balaban J connectivity index is 0.000000640. The number of phenolic OH excluding ortho intramolecular Hbond substituents is 2. The van der Waals surface area contributed by atoms with Crippen LogP contribution in [0.25, 0.3) is 0 Å². The van der Waals surface area contributed by atoms with Gasteiger partial charge in [-0.2, -0.15) is 0 Å². The Hall–Kier alpha value is -3.54. The molecule has 0 aromatic heterocycles. The maximum atomic E-state index is 12.8. The van der Waals surface area contributed by atoms with Crippen LogP contribution in [0.5, 0.6) is 11.5 Å². The molecule has 0 bridgehead atoms. The average Bonchev–Trinajstić information content (AvgIpc) is 3.20. The van der Waals surface area contributed by atoms with E-state index in [4.69, 9.17) is 0 Å². The molecule has 0 aliphatic heterocycles. The maximum Gasteiger partial charge on any atom is 0.193 e. The molecule has 6 heteroatoms. The second-order valence-electron chi connectivity index (χ2n) is 21.3. The number of hydrogen-bond acceptors (Lipinski definition) is 6. The van der Waals surface area contributed by atoms with Gasteiger partial charge in [0.1, 0.15) is 11.5 Å². The molecular weight excluding hydrogens is 793 g/mol. The predicted molar refractivity (Wildman–Crippen MR) is 271 cm³/mol. The molecule has 1 aromatic rings. The molecule has 0 radical (unpaired) electrons. The first-order valence-corrected chi connectivity index (χ1v) is 25.3. The molecule has 0 saturated carbocycles. The molecule has 0 fully saturated rings. The number of carbonyl (C=O) groups excluding carboxylic acids is 4. The van der Waals surface area contributed by atoms with Crippen molar-refractivity contribution in [3.63, 3.8) is 0 Å². The fourth-order valence-corrected chi connectivity index (χ4v) is 8.96. The van der Waals surface area contributed by atoms with Crippen molar-refractivity contribution in [2.24, 2.45) is 35.5 Å². The molecule has 1 aromatic carbocycles. The SMILES string of the molecule is CC(=CC(=O)C1=C(C)C(=O)C(C)=C(C)C1=O)CCCC(C)CCCC(C)CCCC(C)C.CC(=CC(=O)c1c(C)c(O)c(C)c(C)c1O)CCCC(C)CCCC(C)CCCC(C)C. The first kappa shape index (κ1) is 58.5. The maximum absolute atomic E-state index is 12.8. The summed E-state index contributed by atoms with van der Waals surface area (Å²) in [5.41, 5.74) is 5.02. The Kier molecular flexibility index (Phi) is 27.3. The Morgan fingerprint density at radius 2 is 0.766 bits per heavy atom. The molecule has 0 amide bonds. The van der Waals surface area contributed by atoms with Crippen molar-refractivity contribution in [2.45, 2.75) is 226 Å². The molecular formula is C58H94O6. The van der Waals surface area contributed by atoms with Crippen molar-refractivity contribution in [3.8, 4) is 11.5 Å². The van der Waals surface area contributed by atoms with Crippen molar-refractivity contribution < 1.29 is 29.4 Å². The lowest BCUT2D eigenvalue weighted by molar-refractivity contribution is -0.120. The zero-order chi connectivity index (χ0) is 48.8. The Morgan fingerprint density at radius 3 is 1.16 bits per heavy atom. The van der Waals surface area contributed by atoms with E-state index in [0.717, 1.165) is 66.9 Å². The number of benzene rings is 1. The normalized spacial score (nSPS) is 15.8. The molecule has 4 atom stereocenters. The number of Topliss-reactive ketones (excluding diaryl/α,β-unsaturated/α-hetero) is 2. The third kappa shape index (κ3) is 20.7. The summed E-state index contributed by atoms with van der Waals surface area (Å²) < 4.78 is 0. The summed E-state index contributed by atoms with van der Waals surface area (Å²) >= 11 is 0. The number of carbonyl (C=O) groups is 4. The van der Waals surface area contributed by atoms with E-state index in [9.17, 15) is 29.4 Å². The lowest BCUT2D eigenvalue weighted by Gasteiger charge is -2.17. The average molecular weight is 887 g/mol. The number of allylic oxidation sites excluding steroid dienone is 8. The van der Waals surface area contributed by atoms with Crippen LogP contribution in [0, 0.1) is 56.3 Å². The van der Waals surface area contributed by atoms with Gasteiger partial charge in [-0.05, 0) is 140 Å². The minimum Gasteiger partial charge on any atom is -0.507 e. The molecule has 2 N–H and O–H groups in total. The van der Waals surface area contributed by atoms with Crippen molar-refractivity contribution in [1.82, 2.24) is 0 Å². The van der Waals surface area contributed by atoms with Crippen LogP contribution in [0.3, 0.4) is 0 Å². The predicted octanol–water partition coefficient (Wildman–Crippen LogP) is 16.3. The van der Waals surface area contributed by atoms with Crippen LogP contribution >= 0.6 is 0 Å². The molecule has 1 aliphatic carbocycles. The second-order valence-corrected chi connectivity index (χ2v) is 21.3.